The summed E-state index contributed by atoms with van der Waals surface area (Å²) in [6, 6.07) is 20.0. The molecule has 180 valence electrons. The summed E-state index contributed by atoms with van der Waals surface area (Å²) >= 11 is 1.31. The van der Waals surface area contributed by atoms with E-state index in [-0.39, 0.29) is 17.4 Å². The second kappa shape index (κ2) is 11.6. The number of pyridine rings is 1. The number of nitrogens with zero attached hydrogens (tertiary/aromatic N) is 5. The molecule has 0 bridgehead atoms. The van der Waals surface area contributed by atoms with Crippen LogP contribution in [0.25, 0.3) is 11.4 Å². The van der Waals surface area contributed by atoms with Crippen LogP contribution in [0.5, 0.6) is 5.75 Å². The Morgan fingerprint density at radius 2 is 1.80 bits per heavy atom. The second-order valence-corrected chi connectivity index (χ2v) is 8.62. The van der Waals surface area contributed by atoms with Gasteiger partial charge in [0, 0.05) is 31.5 Å². The molecule has 4 rings (SSSR count). The summed E-state index contributed by atoms with van der Waals surface area (Å²) in [5.74, 6) is 0.829. The van der Waals surface area contributed by atoms with Crippen molar-refractivity contribution in [3.8, 4) is 17.1 Å². The molecule has 7 nitrogen and oxygen atoms in total. The largest absolute Gasteiger partial charge is 0.435 e. The molecule has 4 aromatic rings. The Morgan fingerprint density at radius 3 is 2.49 bits per heavy atom. The van der Waals surface area contributed by atoms with E-state index in [2.05, 4.69) is 19.9 Å². The Balaban J connectivity index is 1.43. The molecule has 0 aliphatic heterocycles. The van der Waals surface area contributed by atoms with Gasteiger partial charge in [0.25, 0.3) is 0 Å². The van der Waals surface area contributed by atoms with Gasteiger partial charge in [0.15, 0.2) is 11.0 Å². The fourth-order valence-corrected chi connectivity index (χ4v) is 4.27. The highest BCUT2D eigenvalue weighted by Crippen LogP contribution is 2.25. The summed E-state index contributed by atoms with van der Waals surface area (Å²) in [4.78, 5) is 18.6. The molecular weight excluding hydrogens is 472 g/mol. The maximum atomic E-state index is 12.8. The van der Waals surface area contributed by atoms with E-state index in [0.29, 0.717) is 24.1 Å². The van der Waals surface area contributed by atoms with Gasteiger partial charge in [-0.15, -0.1) is 10.2 Å². The lowest BCUT2D eigenvalue weighted by Gasteiger charge is -2.17. The summed E-state index contributed by atoms with van der Waals surface area (Å²) in [6.07, 6.45) is 3.43. The number of alkyl halides is 2. The molecule has 1 amide bonds. The Kier molecular flexibility index (Phi) is 8.04. The number of benzene rings is 2. The topological polar surface area (TPSA) is 73.1 Å². The van der Waals surface area contributed by atoms with E-state index in [9.17, 15) is 13.6 Å². The van der Waals surface area contributed by atoms with Crippen LogP contribution in [-0.4, -0.2) is 50.0 Å². The maximum absolute atomic E-state index is 12.8. The highest BCUT2D eigenvalue weighted by molar-refractivity contribution is 7.99. The quantitative estimate of drug-likeness (QED) is 0.296. The zero-order chi connectivity index (χ0) is 24.6. The number of carbonyl (C=O) groups excluding carboxylic acids is 1. The minimum atomic E-state index is -2.87. The van der Waals surface area contributed by atoms with Gasteiger partial charge in [0.2, 0.25) is 5.91 Å². The third kappa shape index (κ3) is 6.63. The van der Waals surface area contributed by atoms with Crippen molar-refractivity contribution in [1.29, 1.82) is 0 Å². The van der Waals surface area contributed by atoms with Gasteiger partial charge >= 0.3 is 6.61 Å². The van der Waals surface area contributed by atoms with Crippen LogP contribution in [0.15, 0.2) is 84.3 Å². The lowest BCUT2D eigenvalue weighted by Crippen LogP contribution is -2.27. The average Bonchev–Trinajstić information content (AvgIpc) is 3.26. The van der Waals surface area contributed by atoms with Gasteiger partial charge in [-0.2, -0.15) is 8.78 Å². The molecule has 0 atom stereocenters. The third-order valence-corrected chi connectivity index (χ3v) is 6.09. The molecule has 0 aliphatic rings. The monoisotopic (exact) mass is 495 g/mol. The molecule has 0 spiro atoms. The lowest BCUT2D eigenvalue weighted by molar-refractivity contribution is -0.127. The Bertz CT molecular complexity index is 1240. The molecule has 0 aliphatic carbocycles. The van der Waals surface area contributed by atoms with E-state index in [1.165, 1.54) is 23.9 Å². The molecule has 10 heteroatoms. The number of halogens is 2. The number of aromatic nitrogens is 4. The second-order valence-electron chi connectivity index (χ2n) is 7.68. The molecule has 2 aromatic carbocycles. The Labute approximate surface area is 205 Å². The molecule has 35 heavy (non-hydrogen) atoms. The lowest BCUT2D eigenvalue weighted by atomic mass is 10.2. The highest BCUT2D eigenvalue weighted by atomic mass is 32.2. The maximum Gasteiger partial charge on any atom is 0.387 e. The van der Waals surface area contributed by atoms with Crippen molar-refractivity contribution < 1.29 is 18.3 Å². The van der Waals surface area contributed by atoms with E-state index in [0.717, 1.165) is 16.7 Å². The van der Waals surface area contributed by atoms with E-state index in [1.54, 1.807) is 36.5 Å². The first-order valence-corrected chi connectivity index (χ1v) is 11.8. The number of hydrogen-bond acceptors (Lipinski definition) is 6. The van der Waals surface area contributed by atoms with Crippen LogP contribution in [0.1, 0.15) is 11.1 Å². The van der Waals surface area contributed by atoms with Crippen molar-refractivity contribution >= 4 is 17.7 Å². The first kappa shape index (κ1) is 24.3. The molecule has 2 aromatic heterocycles. The van der Waals surface area contributed by atoms with E-state index >= 15 is 0 Å². The fourth-order valence-electron chi connectivity index (χ4n) is 3.39. The van der Waals surface area contributed by atoms with Crippen LogP contribution in [0.4, 0.5) is 8.78 Å². The molecule has 0 fully saturated rings. The van der Waals surface area contributed by atoms with Gasteiger partial charge in [-0.1, -0.05) is 54.2 Å². The molecule has 0 radical (unpaired) electrons. The van der Waals surface area contributed by atoms with Crippen molar-refractivity contribution in [2.24, 2.45) is 0 Å². The van der Waals surface area contributed by atoms with Gasteiger partial charge in [0.05, 0.1) is 12.3 Å². The predicted molar refractivity (Wildman–Crippen MR) is 129 cm³/mol. The molecular formula is C25H23F2N5O2S. The van der Waals surface area contributed by atoms with Gasteiger partial charge < -0.3 is 9.64 Å². The number of amides is 1. The van der Waals surface area contributed by atoms with Crippen molar-refractivity contribution in [3.63, 3.8) is 0 Å². The highest BCUT2D eigenvalue weighted by Gasteiger charge is 2.18. The average molecular weight is 496 g/mol. The van der Waals surface area contributed by atoms with Gasteiger partial charge in [-0.3, -0.25) is 14.3 Å². The third-order valence-electron chi connectivity index (χ3n) is 5.14. The van der Waals surface area contributed by atoms with Crippen LogP contribution < -0.4 is 4.74 Å². The van der Waals surface area contributed by atoms with Crippen molar-refractivity contribution in [2.75, 3.05) is 12.8 Å². The van der Waals surface area contributed by atoms with Crippen LogP contribution in [0.2, 0.25) is 0 Å². The fraction of sp³-hybridized carbons (Fsp3) is 0.200. The van der Waals surface area contributed by atoms with Gasteiger partial charge in [0.1, 0.15) is 5.75 Å². The summed E-state index contributed by atoms with van der Waals surface area (Å²) in [7, 11) is 1.70. The van der Waals surface area contributed by atoms with Crippen LogP contribution in [-0.2, 0) is 17.9 Å². The van der Waals surface area contributed by atoms with E-state index in [1.807, 2.05) is 47.0 Å². The minimum Gasteiger partial charge on any atom is -0.435 e. The Morgan fingerprint density at radius 1 is 1.03 bits per heavy atom. The number of rotatable bonds is 10. The smallest absolute Gasteiger partial charge is 0.387 e. The molecule has 0 N–H and O–H groups in total. The van der Waals surface area contributed by atoms with Crippen molar-refractivity contribution in [3.05, 3.63) is 90.3 Å². The van der Waals surface area contributed by atoms with Crippen LogP contribution >= 0.6 is 11.8 Å². The molecule has 0 saturated carbocycles. The van der Waals surface area contributed by atoms with E-state index in [4.69, 9.17) is 0 Å². The zero-order valence-corrected chi connectivity index (χ0v) is 19.7. The Hall–Kier alpha value is -3.79. The zero-order valence-electron chi connectivity index (χ0n) is 18.9. The SMILES string of the molecule is CN(Cc1ccc(OC(F)F)cc1)C(=O)CSc1nnc(-c2cccnc2)n1Cc1ccccc1. The predicted octanol–water partition coefficient (Wildman–Crippen LogP) is 4.74. The molecule has 0 unspecified atom stereocenters. The van der Waals surface area contributed by atoms with Crippen molar-refractivity contribution in [2.45, 2.75) is 24.9 Å². The minimum absolute atomic E-state index is 0.0791. The van der Waals surface area contributed by atoms with Crippen LogP contribution in [0, 0.1) is 0 Å². The molecule has 0 saturated heterocycles. The van der Waals surface area contributed by atoms with E-state index < -0.39 is 6.61 Å². The van der Waals surface area contributed by atoms with Gasteiger partial charge in [-0.05, 0) is 35.4 Å². The number of carbonyl (C=O) groups is 1. The normalized spacial score (nSPS) is 11.0. The number of ether oxygens (including phenoxy) is 1. The summed E-state index contributed by atoms with van der Waals surface area (Å²) in [5.41, 5.74) is 2.73. The standard InChI is InChI=1S/C25H23F2N5O2S/c1-31(15-19-9-11-21(12-10-19)34-24(26)27)22(33)17-35-25-30-29-23(20-8-5-13-28-14-20)32(25)16-18-6-3-2-4-7-18/h2-14,24H,15-17H2,1H3. The molecule has 2 heterocycles. The van der Waals surface area contributed by atoms with Crippen LogP contribution in [0.3, 0.4) is 0 Å². The number of hydrogen-bond donors (Lipinski definition) is 0. The summed E-state index contributed by atoms with van der Waals surface area (Å²) in [5, 5.41) is 9.33. The number of thioether (sulfide) groups is 1. The van der Waals surface area contributed by atoms with Gasteiger partial charge in [-0.25, -0.2) is 0 Å². The van der Waals surface area contributed by atoms with Crippen molar-refractivity contribution in [1.82, 2.24) is 24.6 Å². The first-order chi connectivity index (χ1) is 17.0. The summed E-state index contributed by atoms with van der Waals surface area (Å²) in [6.45, 7) is -1.98. The first-order valence-electron chi connectivity index (χ1n) is 10.8. The summed E-state index contributed by atoms with van der Waals surface area (Å²) < 4.78 is 31.0.